The molecule has 1 nitrogen and oxygen atoms in total. The van der Waals surface area contributed by atoms with Crippen molar-refractivity contribution in [3.05, 3.63) is 57.6 Å². The predicted molar refractivity (Wildman–Crippen MR) is 95.2 cm³/mol. The Morgan fingerprint density at radius 2 is 1.75 bits per heavy atom. The second-order valence-electron chi connectivity index (χ2n) is 5.38. The fraction of sp³-hybridized carbons (Fsp3) is 0.176. The average molecular weight is 438 g/mol. The molecule has 0 aliphatic carbocycles. The maximum atomic E-state index is 13.1. The molecule has 0 saturated carbocycles. The molecule has 0 unspecified atom stereocenters. The molecule has 24 heavy (non-hydrogen) atoms. The van der Waals surface area contributed by atoms with E-state index in [1.807, 2.05) is 0 Å². The summed E-state index contributed by atoms with van der Waals surface area (Å²) in [6.07, 6.45) is -5.34. The monoisotopic (exact) mass is 436 g/mol. The Morgan fingerprint density at radius 1 is 1.04 bits per heavy atom. The van der Waals surface area contributed by atoms with E-state index in [9.17, 15) is 18.3 Å². The lowest BCUT2D eigenvalue weighted by Gasteiger charge is -2.17. The minimum Gasteiger partial charge on any atom is -0.388 e. The van der Waals surface area contributed by atoms with Gasteiger partial charge in [-0.05, 0) is 52.1 Å². The minimum atomic E-state index is -4.47. The summed E-state index contributed by atoms with van der Waals surface area (Å²) in [4.78, 5) is 0. The van der Waals surface area contributed by atoms with Crippen LogP contribution in [0.15, 0.2) is 36.4 Å². The van der Waals surface area contributed by atoms with Gasteiger partial charge >= 0.3 is 6.18 Å². The van der Waals surface area contributed by atoms with Gasteiger partial charge in [0, 0.05) is 15.7 Å². The smallest absolute Gasteiger partial charge is 0.388 e. The quantitative estimate of drug-likeness (QED) is 0.347. The van der Waals surface area contributed by atoms with Crippen molar-refractivity contribution in [2.45, 2.75) is 12.3 Å². The second kappa shape index (κ2) is 6.37. The number of aliphatic hydroxyl groups excluding tert-OH is 1. The van der Waals surface area contributed by atoms with E-state index in [1.54, 1.807) is 12.1 Å². The van der Waals surface area contributed by atoms with E-state index < -0.39 is 17.8 Å². The van der Waals surface area contributed by atoms with Crippen LogP contribution in [0, 0.1) is 0 Å². The first-order valence-electron chi connectivity index (χ1n) is 6.89. The third kappa shape index (κ3) is 3.10. The van der Waals surface area contributed by atoms with Crippen molar-refractivity contribution >= 4 is 60.7 Å². The molecule has 0 aliphatic rings. The van der Waals surface area contributed by atoms with Gasteiger partial charge in [0.1, 0.15) is 0 Å². The first-order valence-corrected chi connectivity index (χ1v) is 8.76. The van der Waals surface area contributed by atoms with Crippen LogP contribution in [0.4, 0.5) is 13.2 Å². The molecule has 0 spiro atoms. The maximum absolute atomic E-state index is 13.1. The fourth-order valence-corrected chi connectivity index (χ4v) is 3.73. The molecule has 0 bridgehead atoms. The third-order valence-electron chi connectivity index (χ3n) is 3.83. The summed E-state index contributed by atoms with van der Waals surface area (Å²) in [6, 6.07) is 8.24. The number of halogens is 6. The molecule has 0 fully saturated rings. The van der Waals surface area contributed by atoms with E-state index in [1.165, 1.54) is 12.1 Å². The van der Waals surface area contributed by atoms with Gasteiger partial charge in [0.25, 0.3) is 0 Å². The van der Waals surface area contributed by atoms with Crippen molar-refractivity contribution in [1.29, 1.82) is 0 Å². The number of benzene rings is 3. The number of alkyl halides is 4. The zero-order chi connectivity index (χ0) is 17.6. The molecule has 1 N–H and O–H groups in total. The Hall–Kier alpha value is -1.01. The first kappa shape index (κ1) is 17.8. The second-order valence-corrected chi connectivity index (χ2v) is 6.87. The lowest BCUT2D eigenvalue weighted by atomic mass is 9.93. The maximum Gasteiger partial charge on any atom is 0.416 e. The van der Waals surface area contributed by atoms with Crippen molar-refractivity contribution in [2.24, 2.45) is 0 Å². The number of hydrogen-bond donors (Lipinski definition) is 1. The molecular formula is C17H10BrCl2F3O. The number of rotatable bonds is 2. The molecule has 1 atom stereocenters. The van der Waals surface area contributed by atoms with E-state index in [0.717, 1.165) is 12.1 Å². The van der Waals surface area contributed by atoms with Crippen molar-refractivity contribution in [2.75, 3.05) is 5.33 Å². The molecule has 126 valence electrons. The molecule has 0 radical (unpaired) electrons. The van der Waals surface area contributed by atoms with Crippen LogP contribution in [-0.2, 0) is 6.18 Å². The van der Waals surface area contributed by atoms with Crippen LogP contribution in [0.1, 0.15) is 17.2 Å². The van der Waals surface area contributed by atoms with Gasteiger partial charge < -0.3 is 5.11 Å². The number of fused-ring (bicyclic) bond motifs is 3. The summed E-state index contributed by atoms with van der Waals surface area (Å²) in [5.74, 6) is 0. The minimum absolute atomic E-state index is 0.253. The van der Waals surface area contributed by atoms with Gasteiger partial charge in [-0.3, -0.25) is 0 Å². The molecule has 0 amide bonds. The van der Waals surface area contributed by atoms with E-state index in [0.29, 0.717) is 32.1 Å². The van der Waals surface area contributed by atoms with E-state index in [2.05, 4.69) is 15.9 Å². The number of aliphatic hydroxyl groups is 1. The van der Waals surface area contributed by atoms with Crippen molar-refractivity contribution in [3.63, 3.8) is 0 Å². The first-order chi connectivity index (χ1) is 11.2. The average Bonchev–Trinajstić information content (AvgIpc) is 2.51. The van der Waals surface area contributed by atoms with Crippen molar-refractivity contribution < 1.29 is 18.3 Å². The normalized spacial score (nSPS) is 13.6. The summed E-state index contributed by atoms with van der Waals surface area (Å²) in [5.41, 5.74) is -0.255. The zero-order valence-electron chi connectivity index (χ0n) is 12.0. The van der Waals surface area contributed by atoms with Gasteiger partial charge in [-0.1, -0.05) is 45.2 Å². The highest BCUT2D eigenvalue weighted by Crippen LogP contribution is 2.40. The van der Waals surface area contributed by atoms with Crippen molar-refractivity contribution in [1.82, 2.24) is 0 Å². The standard InChI is InChI=1S/C17H10BrCl2F3O/c18-7-15(24)12-4-8-3-10(19)6-14(20)16(8)13-5-9(17(21,22)23)1-2-11(12)13/h1-6,15,24H,7H2/t15-/m1/s1. The van der Waals surface area contributed by atoms with Gasteiger partial charge in [0.2, 0.25) is 0 Å². The number of hydrogen-bond acceptors (Lipinski definition) is 1. The van der Waals surface area contributed by atoms with Gasteiger partial charge in [0.05, 0.1) is 16.7 Å². The molecule has 0 saturated heterocycles. The molecule has 3 rings (SSSR count). The predicted octanol–water partition coefficient (Wildman–Crippen LogP) is 6.75. The molecule has 7 heteroatoms. The summed E-state index contributed by atoms with van der Waals surface area (Å²) in [7, 11) is 0. The van der Waals surface area contributed by atoms with E-state index in [4.69, 9.17) is 23.2 Å². The molecule has 0 aromatic heterocycles. The molecule has 3 aromatic carbocycles. The highest BCUT2D eigenvalue weighted by atomic mass is 79.9. The lowest BCUT2D eigenvalue weighted by molar-refractivity contribution is -0.137. The molecule has 0 heterocycles. The van der Waals surface area contributed by atoms with Gasteiger partial charge in [-0.15, -0.1) is 0 Å². The van der Waals surface area contributed by atoms with Crippen LogP contribution in [0.5, 0.6) is 0 Å². The Kier molecular flexibility index (Phi) is 4.73. The van der Waals surface area contributed by atoms with Crippen LogP contribution in [-0.4, -0.2) is 10.4 Å². The van der Waals surface area contributed by atoms with Crippen LogP contribution in [0.3, 0.4) is 0 Å². The van der Waals surface area contributed by atoms with Gasteiger partial charge in [0.15, 0.2) is 0 Å². The largest absolute Gasteiger partial charge is 0.416 e. The molecule has 3 aromatic rings. The van der Waals surface area contributed by atoms with Crippen LogP contribution < -0.4 is 0 Å². The Morgan fingerprint density at radius 3 is 2.38 bits per heavy atom. The van der Waals surface area contributed by atoms with Gasteiger partial charge in [-0.25, -0.2) is 0 Å². The highest BCUT2D eigenvalue weighted by molar-refractivity contribution is 9.09. The summed E-state index contributed by atoms with van der Waals surface area (Å²) < 4.78 is 39.3. The van der Waals surface area contributed by atoms with Crippen LogP contribution in [0.2, 0.25) is 10.0 Å². The molecule has 0 aliphatic heterocycles. The summed E-state index contributed by atoms with van der Waals surface area (Å²) in [5, 5.41) is 13.0. The zero-order valence-corrected chi connectivity index (χ0v) is 15.1. The summed E-state index contributed by atoms with van der Waals surface area (Å²) >= 11 is 15.4. The third-order valence-corrected chi connectivity index (χ3v) is 4.96. The van der Waals surface area contributed by atoms with E-state index in [-0.39, 0.29) is 10.4 Å². The Labute approximate surface area is 154 Å². The fourth-order valence-electron chi connectivity index (χ4n) is 2.77. The van der Waals surface area contributed by atoms with Gasteiger partial charge in [-0.2, -0.15) is 13.2 Å². The highest BCUT2D eigenvalue weighted by Gasteiger charge is 2.31. The molecular weight excluding hydrogens is 428 g/mol. The Balaban J connectivity index is 2.50. The SMILES string of the molecule is O[C@H](CBr)c1cc2cc(Cl)cc(Cl)c2c2cc(C(F)(F)F)ccc12. The van der Waals surface area contributed by atoms with E-state index >= 15 is 0 Å². The lowest BCUT2D eigenvalue weighted by Crippen LogP contribution is -2.05. The van der Waals surface area contributed by atoms with Crippen LogP contribution in [0.25, 0.3) is 21.5 Å². The summed E-state index contributed by atoms with van der Waals surface area (Å²) in [6.45, 7) is 0. The van der Waals surface area contributed by atoms with Crippen LogP contribution >= 0.6 is 39.1 Å². The topological polar surface area (TPSA) is 20.2 Å². The van der Waals surface area contributed by atoms with Crippen molar-refractivity contribution in [3.8, 4) is 0 Å². The Bertz CT molecular complexity index is 941.